The van der Waals surface area contributed by atoms with Crippen molar-refractivity contribution in [3.05, 3.63) is 59.5 Å². The molecule has 4 rings (SSSR count). The fraction of sp³-hybridized carbons (Fsp3) is 0.304. The molecule has 0 N–H and O–H groups in total. The third-order valence-electron chi connectivity index (χ3n) is 5.49. The van der Waals surface area contributed by atoms with Crippen molar-refractivity contribution in [2.24, 2.45) is 0 Å². The van der Waals surface area contributed by atoms with Crippen LogP contribution in [0.4, 0.5) is 21.0 Å². The van der Waals surface area contributed by atoms with Crippen LogP contribution in [0, 0.1) is 5.82 Å². The molecule has 0 spiro atoms. The molecule has 33 heavy (non-hydrogen) atoms. The van der Waals surface area contributed by atoms with E-state index in [1.807, 2.05) is 47.8 Å². The van der Waals surface area contributed by atoms with Crippen LogP contribution in [0.25, 0.3) is 16.9 Å². The van der Waals surface area contributed by atoms with Crippen LogP contribution in [-0.4, -0.2) is 42.1 Å². The van der Waals surface area contributed by atoms with E-state index in [9.17, 15) is 12.8 Å². The maximum atomic E-state index is 13.3. The molecule has 0 unspecified atom stereocenters. The summed E-state index contributed by atoms with van der Waals surface area (Å²) in [5.74, 6) is 0.576. The minimum absolute atomic E-state index is 0.0288. The molecule has 1 aromatic carbocycles. The second-order valence-corrected chi connectivity index (χ2v) is 10.5. The minimum Gasteiger partial charge on any atom is -0.305 e. The van der Waals surface area contributed by atoms with Gasteiger partial charge in [0.2, 0.25) is 10.0 Å². The molecule has 0 saturated heterocycles. The van der Waals surface area contributed by atoms with Gasteiger partial charge >= 0.3 is 0 Å². The number of hydrogen-bond acceptors (Lipinski definition) is 6. The van der Waals surface area contributed by atoms with E-state index in [-0.39, 0.29) is 11.6 Å². The summed E-state index contributed by atoms with van der Waals surface area (Å²) < 4.78 is 41.8. The lowest BCUT2D eigenvalue weighted by Gasteiger charge is -2.23. The van der Waals surface area contributed by atoms with Gasteiger partial charge in [0, 0.05) is 30.7 Å². The highest BCUT2D eigenvalue weighted by Crippen LogP contribution is 2.34. The fourth-order valence-electron chi connectivity index (χ4n) is 3.77. The Kier molecular flexibility index (Phi) is 6.40. The summed E-state index contributed by atoms with van der Waals surface area (Å²) in [5.41, 5.74) is 3.81. The van der Waals surface area contributed by atoms with Gasteiger partial charge in [-0.2, -0.15) is 0 Å². The highest BCUT2D eigenvalue weighted by molar-refractivity contribution is 7.92. The van der Waals surface area contributed by atoms with Gasteiger partial charge in [-0.1, -0.05) is 6.92 Å². The Morgan fingerprint density at radius 3 is 2.42 bits per heavy atom. The first-order valence-electron chi connectivity index (χ1n) is 10.8. The second kappa shape index (κ2) is 9.11. The summed E-state index contributed by atoms with van der Waals surface area (Å²) in [4.78, 5) is 11.5. The lowest BCUT2D eigenvalue weighted by molar-refractivity contribution is 0.593. The Bertz CT molecular complexity index is 1380. The number of fused-ring (bicyclic) bond motifs is 1. The molecule has 0 fully saturated rings. The number of imidazole rings is 1. The quantitative estimate of drug-likeness (QED) is 0.346. The average molecular weight is 488 g/mol. The van der Waals surface area contributed by atoms with E-state index in [1.165, 1.54) is 27.8 Å². The summed E-state index contributed by atoms with van der Waals surface area (Å²) in [7, 11) is -1.48. The molecule has 0 aliphatic heterocycles. The van der Waals surface area contributed by atoms with Gasteiger partial charge in [-0.25, -0.2) is 22.8 Å². The number of thiazole rings is 1. The van der Waals surface area contributed by atoms with Gasteiger partial charge in [0.15, 0.2) is 5.13 Å². The number of hydrogen-bond donors (Lipinski definition) is 0. The number of rotatable bonds is 8. The molecular formula is C23H26FN5O2S2. The van der Waals surface area contributed by atoms with Crippen LogP contribution in [-0.2, 0) is 16.4 Å². The minimum atomic E-state index is -3.40. The topological polar surface area (TPSA) is 70.8 Å². The largest absolute Gasteiger partial charge is 0.305 e. The molecule has 4 aromatic rings. The smallest absolute Gasteiger partial charge is 0.234 e. The Morgan fingerprint density at radius 1 is 1.06 bits per heavy atom. The van der Waals surface area contributed by atoms with Crippen LogP contribution in [0.3, 0.4) is 0 Å². The molecule has 0 radical (unpaired) electrons. The van der Waals surface area contributed by atoms with E-state index in [2.05, 4.69) is 0 Å². The van der Waals surface area contributed by atoms with Crippen molar-refractivity contribution >= 4 is 43.6 Å². The molecule has 0 saturated carbocycles. The summed E-state index contributed by atoms with van der Waals surface area (Å²) >= 11 is 1.48. The summed E-state index contributed by atoms with van der Waals surface area (Å²) in [6.07, 6.45) is 2.52. The number of aryl methyl sites for hydroxylation is 1. The fourth-order valence-corrected chi connectivity index (χ4v) is 5.70. The van der Waals surface area contributed by atoms with E-state index in [0.717, 1.165) is 33.5 Å². The van der Waals surface area contributed by atoms with Gasteiger partial charge in [0.05, 0.1) is 22.8 Å². The number of aromatic nitrogens is 3. The highest BCUT2D eigenvalue weighted by atomic mass is 32.2. The standard InChI is InChI=1S/C23H26FN5O2S2/c1-5-19-22(27(4)23-26-20(15-32-23)16-8-10-17(24)11-9-16)28-14-18(12-13-21(28)25-19)29(6-2)33(30,31)7-3/h8-15H,5-7H2,1-4H3. The first kappa shape index (κ1) is 23.2. The van der Waals surface area contributed by atoms with E-state index in [4.69, 9.17) is 9.97 Å². The number of pyridine rings is 1. The van der Waals surface area contributed by atoms with Gasteiger partial charge in [-0.15, -0.1) is 11.3 Å². The maximum absolute atomic E-state index is 13.3. The average Bonchev–Trinajstić information content (AvgIpc) is 3.44. The van der Waals surface area contributed by atoms with E-state index < -0.39 is 10.0 Å². The predicted octanol–water partition coefficient (Wildman–Crippen LogP) is 5.10. The molecule has 7 nitrogen and oxygen atoms in total. The summed E-state index contributed by atoms with van der Waals surface area (Å²) in [6, 6.07) is 9.88. The third kappa shape index (κ3) is 4.32. The molecule has 3 heterocycles. The van der Waals surface area contributed by atoms with Crippen LogP contribution in [0.15, 0.2) is 48.0 Å². The van der Waals surface area contributed by atoms with Gasteiger partial charge < -0.3 is 4.90 Å². The lowest BCUT2D eigenvalue weighted by atomic mass is 10.2. The second-order valence-electron chi connectivity index (χ2n) is 7.50. The predicted molar refractivity (Wildman–Crippen MR) is 133 cm³/mol. The Morgan fingerprint density at radius 2 is 1.79 bits per heavy atom. The summed E-state index contributed by atoms with van der Waals surface area (Å²) in [6.45, 7) is 5.84. The molecule has 0 atom stereocenters. The van der Waals surface area contributed by atoms with Crippen molar-refractivity contribution in [1.82, 2.24) is 14.4 Å². The van der Waals surface area contributed by atoms with Crippen LogP contribution in [0.5, 0.6) is 0 Å². The molecule has 174 valence electrons. The number of nitrogens with zero attached hydrogens (tertiary/aromatic N) is 5. The maximum Gasteiger partial charge on any atom is 0.234 e. The molecular weight excluding hydrogens is 461 g/mol. The van der Waals surface area contributed by atoms with Gasteiger partial charge in [-0.3, -0.25) is 8.71 Å². The zero-order valence-corrected chi connectivity index (χ0v) is 20.6. The Labute approximate surface area is 197 Å². The Balaban J connectivity index is 1.78. The highest BCUT2D eigenvalue weighted by Gasteiger charge is 2.23. The molecule has 10 heteroatoms. The van der Waals surface area contributed by atoms with Gasteiger partial charge in [0.1, 0.15) is 17.3 Å². The monoisotopic (exact) mass is 487 g/mol. The third-order valence-corrected chi connectivity index (χ3v) is 8.28. The van der Waals surface area contributed by atoms with E-state index in [1.54, 1.807) is 25.1 Å². The van der Waals surface area contributed by atoms with Crippen LogP contribution in [0.2, 0.25) is 0 Å². The zero-order chi connectivity index (χ0) is 23.8. The number of sulfonamides is 1. The molecule has 0 aliphatic carbocycles. The van der Waals surface area contributed by atoms with Crippen LogP contribution >= 0.6 is 11.3 Å². The van der Waals surface area contributed by atoms with Crippen molar-refractivity contribution in [3.8, 4) is 11.3 Å². The van der Waals surface area contributed by atoms with Crippen molar-refractivity contribution in [2.45, 2.75) is 27.2 Å². The zero-order valence-electron chi connectivity index (χ0n) is 19.0. The van der Waals surface area contributed by atoms with Crippen LogP contribution < -0.4 is 9.21 Å². The lowest BCUT2D eigenvalue weighted by Crippen LogP contribution is -2.32. The van der Waals surface area contributed by atoms with Crippen molar-refractivity contribution in [1.29, 1.82) is 0 Å². The van der Waals surface area contributed by atoms with E-state index >= 15 is 0 Å². The van der Waals surface area contributed by atoms with Gasteiger partial charge in [0.25, 0.3) is 0 Å². The molecule has 0 bridgehead atoms. The number of halogens is 1. The first-order chi connectivity index (χ1) is 15.8. The number of anilines is 3. The molecule has 0 aliphatic rings. The van der Waals surface area contributed by atoms with E-state index in [0.29, 0.717) is 18.7 Å². The van der Waals surface area contributed by atoms with Crippen LogP contribution in [0.1, 0.15) is 26.5 Å². The first-order valence-corrected chi connectivity index (χ1v) is 13.2. The summed E-state index contributed by atoms with van der Waals surface area (Å²) in [5, 5.41) is 2.69. The van der Waals surface area contributed by atoms with Crippen molar-refractivity contribution in [2.75, 3.05) is 28.6 Å². The molecule has 0 amide bonds. The SMILES string of the molecule is CCc1nc2ccc(N(CC)S(=O)(=O)CC)cn2c1N(C)c1nc(-c2ccc(F)cc2)cs1. The Hall–Kier alpha value is -2.98. The normalized spacial score (nSPS) is 11.8. The number of benzene rings is 1. The molecule has 3 aromatic heterocycles. The van der Waals surface area contributed by atoms with Crippen molar-refractivity contribution < 1.29 is 12.8 Å². The van der Waals surface area contributed by atoms with Crippen molar-refractivity contribution in [3.63, 3.8) is 0 Å². The van der Waals surface area contributed by atoms with Gasteiger partial charge in [-0.05, 0) is 56.7 Å².